The first-order chi connectivity index (χ1) is 12.2. The highest BCUT2D eigenvalue weighted by molar-refractivity contribution is 5.93. The number of H-pyrrole nitrogens is 1. The van der Waals surface area contributed by atoms with Crippen LogP contribution in [-0.2, 0) is 12.8 Å². The largest absolute Gasteiger partial charge is 0.336 e. The SMILES string of the molecule is O=C(c1ccc(=O)[nH]c1)N1CCN(C2CCc3ccccc3C2)CC1. The lowest BCUT2D eigenvalue weighted by Crippen LogP contribution is -2.53. The Kier molecular flexibility index (Phi) is 4.40. The monoisotopic (exact) mass is 337 g/mol. The molecule has 1 atom stereocenters. The van der Waals surface area contributed by atoms with Gasteiger partial charge in [0.15, 0.2) is 0 Å². The molecule has 4 rings (SSSR count). The minimum atomic E-state index is -0.182. The summed E-state index contributed by atoms with van der Waals surface area (Å²) in [6.45, 7) is 3.33. The molecular formula is C20H23N3O2. The van der Waals surface area contributed by atoms with Crippen molar-refractivity contribution in [2.45, 2.75) is 25.3 Å². The zero-order valence-corrected chi connectivity index (χ0v) is 14.3. The van der Waals surface area contributed by atoms with E-state index in [0.717, 1.165) is 39.0 Å². The maximum absolute atomic E-state index is 12.5. The number of carbonyl (C=O) groups is 1. The van der Waals surface area contributed by atoms with E-state index >= 15 is 0 Å². The molecule has 5 nitrogen and oxygen atoms in total. The number of rotatable bonds is 2. The van der Waals surface area contributed by atoms with E-state index in [1.807, 2.05) is 4.90 Å². The van der Waals surface area contributed by atoms with Gasteiger partial charge in [-0.05, 0) is 36.5 Å². The lowest BCUT2D eigenvalue weighted by atomic mass is 9.87. The van der Waals surface area contributed by atoms with Crippen LogP contribution < -0.4 is 5.56 Å². The maximum atomic E-state index is 12.5. The Labute approximate surface area is 147 Å². The van der Waals surface area contributed by atoms with Gasteiger partial charge in [-0.1, -0.05) is 24.3 Å². The number of hydrogen-bond donors (Lipinski definition) is 1. The van der Waals surface area contributed by atoms with Crippen LogP contribution in [0, 0.1) is 0 Å². The Hall–Kier alpha value is -2.40. The Balaban J connectivity index is 1.36. The van der Waals surface area contributed by atoms with Crippen LogP contribution >= 0.6 is 0 Å². The summed E-state index contributed by atoms with van der Waals surface area (Å²) >= 11 is 0. The van der Waals surface area contributed by atoms with Crippen molar-refractivity contribution in [1.82, 2.24) is 14.8 Å². The molecule has 0 spiro atoms. The van der Waals surface area contributed by atoms with Crippen molar-refractivity contribution >= 4 is 5.91 Å². The molecule has 1 fully saturated rings. The summed E-state index contributed by atoms with van der Waals surface area (Å²) in [5.74, 6) is 0.00453. The topological polar surface area (TPSA) is 56.4 Å². The molecule has 1 saturated heterocycles. The van der Waals surface area contributed by atoms with E-state index in [4.69, 9.17) is 0 Å². The van der Waals surface area contributed by atoms with Gasteiger partial charge < -0.3 is 9.88 Å². The smallest absolute Gasteiger partial charge is 0.255 e. The summed E-state index contributed by atoms with van der Waals surface area (Å²) < 4.78 is 0. The normalized spacial score (nSPS) is 21.0. The number of aromatic nitrogens is 1. The minimum absolute atomic E-state index is 0.00453. The van der Waals surface area contributed by atoms with E-state index in [9.17, 15) is 9.59 Å². The van der Waals surface area contributed by atoms with Crippen LogP contribution in [0.4, 0.5) is 0 Å². The number of aromatic amines is 1. The van der Waals surface area contributed by atoms with E-state index in [2.05, 4.69) is 34.1 Å². The van der Waals surface area contributed by atoms with Crippen LogP contribution in [0.2, 0.25) is 0 Å². The average Bonchev–Trinajstić information content (AvgIpc) is 2.68. The van der Waals surface area contributed by atoms with Crippen molar-refractivity contribution in [2.75, 3.05) is 26.2 Å². The second kappa shape index (κ2) is 6.84. The fraction of sp³-hybridized carbons (Fsp3) is 0.400. The van der Waals surface area contributed by atoms with Gasteiger partial charge in [-0.3, -0.25) is 14.5 Å². The highest BCUT2D eigenvalue weighted by atomic mass is 16.2. The van der Waals surface area contributed by atoms with Crippen LogP contribution in [0.25, 0.3) is 0 Å². The first-order valence-electron chi connectivity index (χ1n) is 8.99. The molecule has 0 bridgehead atoms. The van der Waals surface area contributed by atoms with Gasteiger partial charge in [-0.15, -0.1) is 0 Å². The van der Waals surface area contributed by atoms with Gasteiger partial charge in [0.05, 0.1) is 5.56 Å². The summed E-state index contributed by atoms with van der Waals surface area (Å²) in [6, 6.07) is 12.3. The summed E-state index contributed by atoms with van der Waals surface area (Å²) in [7, 11) is 0. The van der Waals surface area contributed by atoms with Gasteiger partial charge in [0.1, 0.15) is 0 Å². The minimum Gasteiger partial charge on any atom is -0.336 e. The zero-order chi connectivity index (χ0) is 17.2. The Morgan fingerprint density at radius 2 is 1.76 bits per heavy atom. The molecule has 1 N–H and O–H groups in total. The molecule has 0 radical (unpaired) electrons. The summed E-state index contributed by atoms with van der Waals surface area (Å²) in [5.41, 5.74) is 3.34. The van der Waals surface area contributed by atoms with Gasteiger partial charge >= 0.3 is 0 Å². The predicted octanol–water partition coefficient (Wildman–Crippen LogP) is 1.69. The number of pyridine rings is 1. The number of benzene rings is 1. The first kappa shape index (κ1) is 16.1. The Morgan fingerprint density at radius 3 is 2.48 bits per heavy atom. The molecule has 0 saturated carbocycles. The maximum Gasteiger partial charge on any atom is 0.255 e. The van der Waals surface area contributed by atoms with Crippen LogP contribution in [0.15, 0.2) is 47.4 Å². The molecule has 1 aromatic heterocycles. The summed E-state index contributed by atoms with van der Waals surface area (Å²) in [4.78, 5) is 30.7. The number of fused-ring (bicyclic) bond motifs is 1. The third kappa shape index (κ3) is 3.37. The number of piperazine rings is 1. The van der Waals surface area contributed by atoms with Gasteiger partial charge in [-0.25, -0.2) is 0 Å². The van der Waals surface area contributed by atoms with E-state index in [0.29, 0.717) is 11.6 Å². The van der Waals surface area contributed by atoms with Gasteiger partial charge in [-0.2, -0.15) is 0 Å². The highest BCUT2D eigenvalue weighted by Crippen LogP contribution is 2.25. The first-order valence-corrected chi connectivity index (χ1v) is 8.99. The fourth-order valence-electron chi connectivity index (χ4n) is 4.01. The number of hydrogen-bond acceptors (Lipinski definition) is 3. The Bertz CT molecular complexity index is 801. The van der Waals surface area contributed by atoms with Crippen LogP contribution in [0.3, 0.4) is 0 Å². The number of amides is 1. The van der Waals surface area contributed by atoms with Crippen LogP contribution in [0.1, 0.15) is 27.9 Å². The van der Waals surface area contributed by atoms with Gasteiger partial charge in [0, 0.05) is 44.5 Å². The van der Waals surface area contributed by atoms with Crippen molar-refractivity contribution in [1.29, 1.82) is 0 Å². The second-order valence-electron chi connectivity index (χ2n) is 6.94. The molecule has 5 heteroatoms. The summed E-state index contributed by atoms with van der Waals surface area (Å²) in [6.07, 6.45) is 4.97. The molecule has 1 aliphatic carbocycles. The van der Waals surface area contributed by atoms with E-state index in [1.54, 1.807) is 6.07 Å². The fourth-order valence-corrected chi connectivity index (χ4v) is 4.01. The third-order valence-electron chi connectivity index (χ3n) is 5.47. The van der Waals surface area contributed by atoms with E-state index in [-0.39, 0.29) is 11.5 Å². The molecule has 2 aliphatic rings. The van der Waals surface area contributed by atoms with Crippen LogP contribution in [-0.4, -0.2) is 52.9 Å². The lowest BCUT2D eigenvalue weighted by molar-refractivity contribution is 0.0552. The molecule has 1 unspecified atom stereocenters. The Morgan fingerprint density at radius 1 is 1.00 bits per heavy atom. The van der Waals surface area contributed by atoms with Crippen molar-refractivity contribution in [3.8, 4) is 0 Å². The van der Waals surface area contributed by atoms with Gasteiger partial charge in [0.25, 0.3) is 5.91 Å². The molecule has 2 heterocycles. The lowest BCUT2D eigenvalue weighted by Gasteiger charge is -2.41. The quantitative estimate of drug-likeness (QED) is 0.907. The van der Waals surface area contributed by atoms with Gasteiger partial charge in [0.2, 0.25) is 5.56 Å². The van der Waals surface area contributed by atoms with Crippen molar-refractivity contribution in [2.24, 2.45) is 0 Å². The highest BCUT2D eigenvalue weighted by Gasteiger charge is 2.28. The number of carbonyl (C=O) groups excluding carboxylic acids is 1. The molecule has 1 aromatic carbocycles. The molecule has 2 aromatic rings. The van der Waals surface area contributed by atoms with Crippen molar-refractivity contribution < 1.29 is 4.79 Å². The second-order valence-corrected chi connectivity index (χ2v) is 6.94. The zero-order valence-electron chi connectivity index (χ0n) is 14.3. The standard InChI is InChI=1S/C20H23N3O2/c24-19-8-6-17(14-21-19)20(25)23-11-9-22(10-12-23)18-7-5-15-3-1-2-4-16(15)13-18/h1-4,6,8,14,18H,5,7,9-13H2,(H,21,24). The van der Waals surface area contributed by atoms with E-state index < -0.39 is 0 Å². The molecule has 25 heavy (non-hydrogen) atoms. The number of aryl methyl sites for hydroxylation is 1. The number of nitrogens with zero attached hydrogens (tertiary/aromatic N) is 2. The van der Waals surface area contributed by atoms with Crippen molar-refractivity contribution in [3.63, 3.8) is 0 Å². The third-order valence-corrected chi connectivity index (χ3v) is 5.47. The number of nitrogens with one attached hydrogen (secondary N) is 1. The molecule has 1 aliphatic heterocycles. The van der Waals surface area contributed by atoms with Crippen molar-refractivity contribution in [3.05, 3.63) is 69.6 Å². The molecule has 1 amide bonds. The van der Waals surface area contributed by atoms with E-state index in [1.165, 1.54) is 29.8 Å². The molecule has 130 valence electrons. The van der Waals surface area contributed by atoms with Crippen LogP contribution in [0.5, 0.6) is 0 Å². The molecular weight excluding hydrogens is 314 g/mol. The average molecular weight is 337 g/mol. The summed E-state index contributed by atoms with van der Waals surface area (Å²) in [5, 5.41) is 0. The predicted molar refractivity (Wildman–Crippen MR) is 96.8 cm³/mol.